The molecule has 1 heterocycles. The predicted octanol–water partition coefficient (Wildman–Crippen LogP) is 1.60. The van der Waals surface area contributed by atoms with Crippen LogP contribution in [0.25, 0.3) is 0 Å². The van der Waals surface area contributed by atoms with Gasteiger partial charge in [0, 0.05) is 30.9 Å². The lowest BCUT2D eigenvalue weighted by Gasteiger charge is -2.45. The lowest BCUT2D eigenvalue weighted by Crippen LogP contribution is -2.46. The molecule has 0 unspecified atom stereocenters. The molecule has 19 heavy (non-hydrogen) atoms. The zero-order valence-electron chi connectivity index (χ0n) is 11.3. The molecule has 1 aliphatic heterocycles. The normalized spacial score (nSPS) is 29.0. The van der Waals surface area contributed by atoms with Crippen LogP contribution in [0.5, 0.6) is 0 Å². The van der Waals surface area contributed by atoms with Crippen LogP contribution in [-0.2, 0) is 0 Å². The van der Waals surface area contributed by atoms with E-state index in [1.807, 2.05) is 24.3 Å². The Morgan fingerprint density at radius 3 is 2.63 bits per heavy atom. The van der Waals surface area contributed by atoms with Crippen LogP contribution in [0.1, 0.15) is 29.6 Å². The number of carbonyl (C=O) groups is 1. The first-order chi connectivity index (χ1) is 9.21. The number of benzene rings is 1. The van der Waals surface area contributed by atoms with Gasteiger partial charge in [-0.2, -0.15) is 0 Å². The molecule has 3 N–H and O–H groups in total. The maximum absolute atomic E-state index is 11.4. The molecule has 4 heteroatoms. The summed E-state index contributed by atoms with van der Waals surface area (Å²) in [7, 11) is 1.65. The molecule has 1 spiro atoms. The topological polar surface area (TPSA) is 53.2 Å². The number of anilines is 1. The van der Waals surface area contributed by atoms with Crippen molar-refractivity contribution in [3.63, 3.8) is 0 Å². The fourth-order valence-corrected chi connectivity index (χ4v) is 3.33. The number of hydrogen-bond donors (Lipinski definition) is 3. The molecule has 1 saturated heterocycles. The van der Waals surface area contributed by atoms with E-state index < -0.39 is 0 Å². The van der Waals surface area contributed by atoms with Gasteiger partial charge in [0.1, 0.15) is 0 Å². The summed E-state index contributed by atoms with van der Waals surface area (Å²) in [6.45, 7) is 2.36. The summed E-state index contributed by atoms with van der Waals surface area (Å²) in [5.74, 6) is -0.0359. The van der Waals surface area contributed by atoms with E-state index in [4.69, 9.17) is 0 Å². The first-order valence-electron chi connectivity index (χ1n) is 7.00. The van der Waals surface area contributed by atoms with Crippen molar-refractivity contribution >= 4 is 11.6 Å². The fourth-order valence-electron chi connectivity index (χ4n) is 3.33. The van der Waals surface area contributed by atoms with E-state index in [1.54, 1.807) is 7.05 Å². The Hall–Kier alpha value is -1.55. The first-order valence-corrected chi connectivity index (χ1v) is 7.00. The summed E-state index contributed by atoms with van der Waals surface area (Å²) >= 11 is 0. The summed E-state index contributed by atoms with van der Waals surface area (Å²) in [6, 6.07) is 8.30. The highest BCUT2D eigenvalue weighted by Crippen LogP contribution is 2.46. The van der Waals surface area contributed by atoms with Crippen LogP contribution in [0.3, 0.4) is 0 Å². The van der Waals surface area contributed by atoms with Crippen LogP contribution in [0.15, 0.2) is 24.3 Å². The van der Waals surface area contributed by atoms with Gasteiger partial charge in [0.25, 0.3) is 5.91 Å². The van der Waals surface area contributed by atoms with E-state index in [0.29, 0.717) is 17.0 Å². The molecule has 0 atom stereocenters. The molecule has 4 nitrogen and oxygen atoms in total. The Bertz CT molecular complexity index is 455. The Kier molecular flexibility index (Phi) is 3.19. The summed E-state index contributed by atoms with van der Waals surface area (Å²) in [6.07, 6.45) is 3.84. The van der Waals surface area contributed by atoms with Gasteiger partial charge in [-0.3, -0.25) is 4.79 Å². The van der Waals surface area contributed by atoms with Crippen molar-refractivity contribution in [3.05, 3.63) is 29.8 Å². The van der Waals surface area contributed by atoms with Crippen molar-refractivity contribution in [2.75, 3.05) is 25.5 Å². The van der Waals surface area contributed by atoms with Gasteiger partial charge in [0.2, 0.25) is 0 Å². The van der Waals surface area contributed by atoms with Crippen molar-refractivity contribution in [1.82, 2.24) is 10.6 Å². The van der Waals surface area contributed by atoms with E-state index in [1.165, 1.54) is 32.4 Å². The molecule has 102 valence electrons. The zero-order valence-corrected chi connectivity index (χ0v) is 11.3. The number of nitrogens with one attached hydrogen (secondary N) is 3. The molecule has 0 bridgehead atoms. The quantitative estimate of drug-likeness (QED) is 0.773. The number of hydrogen-bond acceptors (Lipinski definition) is 3. The third-order valence-corrected chi connectivity index (χ3v) is 4.44. The van der Waals surface area contributed by atoms with E-state index in [-0.39, 0.29) is 5.91 Å². The largest absolute Gasteiger partial charge is 0.382 e. The van der Waals surface area contributed by atoms with Crippen LogP contribution in [0, 0.1) is 5.41 Å². The van der Waals surface area contributed by atoms with Crippen molar-refractivity contribution < 1.29 is 4.79 Å². The molecule has 1 saturated carbocycles. The maximum atomic E-state index is 11.4. The van der Waals surface area contributed by atoms with E-state index in [2.05, 4.69) is 16.0 Å². The molecule has 1 aromatic rings. The molecule has 2 aliphatic rings. The lowest BCUT2D eigenvalue weighted by atomic mass is 9.65. The maximum Gasteiger partial charge on any atom is 0.251 e. The predicted molar refractivity (Wildman–Crippen MR) is 76.4 cm³/mol. The minimum atomic E-state index is -0.0359. The third kappa shape index (κ3) is 2.45. The Balaban J connectivity index is 1.55. The van der Waals surface area contributed by atoms with Crippen LogP contribution >= 0.6 is 0 Å². The van der Waals surface area contributed by atoms with Gasteiger partial charge in [-0.1, -0.05) is 0 Å². The first kappa shape index (κ1) is 12.5. The minimum Gasteiger partial charge on any atom is -0.382 e. The SMILES string of the molecule is CNC(=O)c1ccc(NC2CC3(CCNC3)C2)cc1. The van der Waals surface area contributed by atoms with Gasteiger partial charge < -0.3 is 16.0 Å². The second kappa shape index (κ2) is 4.85. The van der Waals surface area contributed by atoms with Crippen LogP contribution in [0.4, 0.5) is 5.69 Å². The molecule has 1 aliphatic carbocycles. The summed E-state index contributed by atoms with van der Waals surface area (Å²) < 4.78 is 0. The minimum absolute atomic E-state index is 0.0359. The molecular formula is C15H21N3O. The molecule has 3 rings (SSSR count). The highest BCUT2D eigenvalue weighted by Gasteiger charge is 2.45. The summed E-state index contributed by atoms with van der Waals surface area (Å²) in [5.41, 5.74) is 2.39. The Morgan fingerprint density at radius 2 is 2.05 bits per heavy atom. The fraction of sp³-hybridized carbons (Fsp3) is 0.533. The molecule has 2 fully saturated rings. The number of rotatable bonds is 3. The Labute approximate surface area is 114 Å². The van der Waals surface area contributed by atoms with Crippen molar-refractivity contribution in [1.29, 1.82) is 0 Å². The lowest BCUT2D eigenvalue weighted by molar-refractivity contribution is 0.0963. The average molecular weight is 259 g/mol. The van der Waals surface area contributed by atoms with Crippen molar-refractivity contribution in [2.45, 2.75) is 25.3 Å². The Morgan fingerprint density at radius 1 is 1.32 bits per heavy atom. The second-order valence-electron chi connectivity index (χ2n) is 5.83. The van der Waals surface area contributed by atoms with Gasteiger partial charge in [0.05, 0.1) is 0 Å². The van der Waals surface area contributed by atoms with Gasteiger partial charge in [-0.05, 0) is 55.5 Å². The smallest absolute Gasteiger partial charge is 0.251 e. The highest BCUT2D eigenvalue weighted by atomic mass is 16.1. The van der Waals surface area contributed by atoms with Crippen LogP contribution in [0.2, 0.25) is 0 Å². The zero-order chi connectivity index (χ0) is 13.3. The van der Waals surface area contributed by atoms with Gasteiger partial charge in [-0.15, -0.1) is 0 Å². The highest BCUT2D eigenvalue weighted by molar-refractivity contribution is 5.94. The number of carbonyl (C=O) groups excluding carboxylic acids is 1. The van der Waals surface area contributed by atoms with Crippen LogP contribution < -0.4 is 16.0 Å². The standard InChI is InChI=1S/C15H21N3O/c1-16-14(19)11-2-4-12(5-3-11)18-13-8-15(9-13)6-7-17-10-15/h2-5,13,17-18H,6-10H2,1H3,(H,16,19). The van der Waals surface area contributed by atoms with Crippen molar-refractivity contribution in [2.24, 2.45) is 5.41 Å². The average Bonchev–Trinajstić information content (AvgIpc) is 2.88. The van der Waals surface area contributed by atoms with Gasteiger partial charge in [-0.25, -0.2) is 0 Å². The van der Waals surface area contributed by atoms with Crippen LogP contribution in [-0.4, -0.2) is 32.1 Å². The molecule has 1 amide bonds. The van der Waals surface area contributed by atoms with Crippen molar-refractivity contribution in [3.8, 4) is 0 Å². The second-order valence-corrected chi connectivity index (χ2v) is 5.83. The number of amides is 1. The van der Waals surface area contributed by atoms with Gasteiger partial charge >= 0.3 is 0 Å². The molecule has 0 radical (unpaired) electrons. The monoisotopic (exact) mass is 259 g/mol. The van der Waals surface area contributed by atoms with E-state index in [0.717, 1.165) is 5.69 Å². The van der Waals surface area contributed by atoms with E-state index in [9.17, 15) is 4.79 Å². The molecule has 1 aromatic carbocycles. The molecule has 0 aromatic heterocycles. The molecular weight excluding hydrogens is 238 g/mol. The summed E-state index contributed by atoms with van der Waals surface area (Å²) in [5, 5.41) is 9.64. The van der Waals surface area contributed by atoms with Gasteiger partial charge in [0.15, 0.2) is 0 Å². The van der Waals surface area contributed by atoms with E-state index >= 15 is 0 Å². The third-order valence-electron chi connectivity index (χ3n) is 4.44. The summed E-state index contributed by atoms with van der Waals surface area (Å²) in [4.78, 5) is 11.4.